The van der Waals surface area contributed by atoms with Crippen molar-refractivity contribution in [1.29, 1.82) is 0 Å². The van der Waals surface area contributed by atoms with Crippen molar-refractivity contribution >= 4 is 31.3 Å². The molecule has 3 heterocycles. The highest BCUT2D eigenvalue weighted by atomic mass is 19.1. The van der Waals surface area contributed by atoms with Gasteiger partial charge in [0.2, 0.25) is 11.8 Å². The van der Waals surface area contributed by atoms with Crippen LogP contribution in [0.25, 0.3) is 0 Å². The van der Waals surface area contributed by atoms with E-state index in [0.29, 0.717) is 4.90 Å². The van der Waals surface area contributed by atoms with Crippen molar-refractivity contribution in [2.24, 2.45) is 0 Å². The second kappa shape index (κ2) is 10.4. The van der Waals surface area contributed by atoms with Gasteiger partial charge in [0, 0.05) is 36.3 Å². The van der Waals surface area contributed by atoms with Crippen LogP contribution in [0.4, 0.5) is 10.1 Å². The number of fused-ring (bicyclic) bond motifs is 1. The van der Waals surface area contributed by atoms with Gasteiger partial charge in [0.25, 0.3) is 17.7 Å². The molecule has 2 atom stereocenters. The van der Waals surface area contributed by atoms with Crippen LogP contribution in [0.15, 0.2) is 36.4 Å². The van der Waals surface area contributed by atoms with Crippen LogP contribution in [0.3, 0.4) is 0 Å². The molecule has 2 aromatic carbocycles. The van der Waals surface area contributed by atoms with Gasteiger partial charge in [0.05, 0.1) is 24.3 Å². The SMILES string of the molecule is [B]C(O)(Nc1cccc2c1C(O)(O)N(C1CCCC(=O)NC1=O)C2=O)c1ccc(C(O)(O)N2CCOCC2)cc1F. The first kappa shape index (κ1) is 29.1. The molecular formula is C26H28BFN4O9. The molecule has 3 aliphatic rings. The van der Waals surface area contributed by atoms with E-state index in [-0.39, 0.29) is 62.4 Å². The van der Waals surface area contributed by atoms with Crippen molar-refractivity contribution in [3.8, 4) is 0 Å². The first-order chi connectivity index (χ1) is 19.2. The third kappa shape index (κ3) is 5.10. The lowest BCUT2D eigenvalue weighted by atomic mass is 9.82. The third-order valence-electron chi connectivity index (χ3n) is 7.49. The van der Waals surface area contributed by atoms with Gasteiger partial charge in [-0.05, 0) is 31.0 Å². The first-order valence-corrected chi connectivity index (χ1v) is 12.9. The number of hydrogen-bond donors (Lipinski definition) is 7. The number of amides is 3. The second-order valence-electron chi connectivity index (χ2n) is 10.2. The smallest absolute Gasteiger partial charge is 0.281 e. The molecule has 13 nitrogen and oxygen atoms in total. The molecule has 3 amide bonds. The summed E-state index contributed by atoms with van der Waals surface area (Å²) in [5.41, 5.74) is -4.43. The fraction of sp³-hybridized carbons (Fsp3) is 0.423. The minimum Gasteiger partial charge on any atom is -0.379 e. The molecule has 2 unspecified atom stereocenters. The zero-order chi connectivity index (χ0) is 29.7. The number of morpholine rings is 1. The molecular weight excluding hydrogens is 542 g/mol. The number of halogens is 1. The number of carbonyl (C=O) groups is 3. The Morgan fingerprint density at radius 3 is 2.49 bits per heavy atom. The van der Waals surface area contributed by atoms with Crippen LogP contribution in [0.1, 0.15) is 46.3 Å². The number of ether oxygens (including phenoxy) is 1. The van der Waals surface area contributed by atoms with E-state index in [0.717, 1.165) is 18.2 Å². The predicted octanol–water partition coefficient (Wildman–Crippen LogP) is -1.62. The van der Waals surface area contributed by atoms with Crippen LogP contribution in [0, 0.1) is 5.82 Å². The van der Waals surface area contributed by atoms with E-state index >= 15 is 4.39 Å². The quantitative estimate of drug-likeness (QED) is 0.120. The van der Waals surface area contributed by atoms with Crippen LogP contribution >= 0.6 is 0 Å². The van der Waals surface area contributed by atoms with Gasteiger partial charge < -0.3 is 35.6 Å². The molecule has 2 saturated heterocycles. The van der Waals surface area contributed by atoms with E-state index < -0.39 is 58.2 Å². The summed E-state index contributed by atoms with van der Waals surface area (Å²) in [5, 5.41) is 59.2. The molecule has 41 heavy (non-hydrogen) atoms. The van der Waals surface area contributed by atoms with Gasteiger partial charge in [-0.2, -0.15) is 0 Å². The number of aliphatic hydroxyl groups is 5. The molecule has 0 spiro atoms. The van der Waals surface area contributed by atoms with Crippen LogP contribution in [-0.4, -0.2) is 93.2 Å². The van der Waals surface area contributed by atoms with Crippen LogP contribution < -0.4 is 10.6 Å². The Balaban J connectivity index is 1.45. The van der Waals surface area contributed by atoms with E-state index in [1.54, 1.807) is 0 Å². The van der Waals surface area contributed by atoms with E-state index in [9.17, 15) is 39.9 Å². The number of benzene rings is 2. The number of imide groups is 1. The standard InChI is InChI=1S/C26H28BFN4O9/c27-24(36,16-8-7-14(13-17(16)28)25(37,38)31-9-11-41-12-10-31)30-18-4-1-3-15-21(18)26(39,40)32(23(15)35)19-5-2-6-20(33)29-22(19)34/h1,3-4,7-8,13,19,30,36-40H,2,5-6,9-12H2,(H,29,33,34). The molecule has 5 rings (SSSR count). The summed E-state index contributed by atoms with van der Waals surface area (Å²) in [6.45, 7) is 0.850. The zero-order valence-corrected chi connectivity index (χ0v) is 21.7. The lowest BCUT2D eigenvalue weighted by Crippen LogP contribution is -2.55. The highest BCUT2D eigenvalue weighted by Gasteiger charge is 2.54. The largest absolute Gasteiger partial charge is 0.379 e. The summed E-state index contributed by atoms with van der Waals surface area (Å²) >= 11 is 0. The molecule has 2 aromatic rings. The summed E-state index contributed by atoms with van der Waals surface area (Å²) in [6.07, 6.45) is 0.192. The molecule has 15 heteroatoms. The number of anilines is 1. The van der Waals surface area contributed by atoms with Crippen molar-refractivity contribution in [1.82, 2.24) is 15.1 Å². The van der Waals surface area contributed by atoms with Crippen molar-refractivity contribution < 1.29 is 49.0 Å². The lowest BCUT2D eigenvalue weighted by molar-refractivity contribution is -0.287. The van der Waals surface area contributed by atoms with Crippen molar-refractivity contribution in [3.05, 3.63) is 64.5 Å². The van der Waals surface area contributed by atoms with E-state index in [2.05, 4.69) is 10.6 Å². The Morgan fingerprint density at radius 1 is 1.10 bits per heavy atom. The molecule has 0 aliphatic carbocycles. The van der Waals surface area contributed by atoms with Gasteiger partial charge in [-0.3, -0.25) is 24.6 Å². The van der Waals surface area contributed by atoms with Gasteiger partial charge in [-0.1, -0.05) is 18.2 Å². The summed E-state index contributed by atoms with van der Waals surface area (Å²) in [5.74, 6) is -9.09. The fourth-order valence-corrected chi connectivity index (χ4v) is 5.43. The Hall–Kier alpha value is -3.44. The number of hydrogen-bond acceptors (Lipinski definition) is 11. The molecule has 2 fully saturated rings. The number of nitrogens with zero attached hydrogens (tertiary/aromatic N) is 2. The van der Waals surface area contributed by atoms with Crippen LogP contribution in [-0.2, 0) is 31.8 Å². The minimum atomic E-state index is -3.07. The monoisotopic (exact) mass is 570 g/mol. The molecule has 0 saturated carbocycles. The molecule has 0 aromatic heterocycles. The summed E-state index contributed by atoms with van der Waals surface area (Å²) in [4.78, 5) is 39.5. The summed E-state index contributed by atoms with van der Waals surface area (Å²) in [6, 6.07) is 5.44. The van der Waals surface area contributed by atoms with Gasteiger partial charge in [-0.15, -0.1) is 0 Å². The molecule has 3 aliphatic heterocycles. The van der Waals surface area contributed by atoms with E-state index in [4.69, 9.17) is 12.6 Å². The zero-order valence-electron chi connectivity index (χ0n) is 21.7. The topological polar surface area (TPSA) is 192 Å². The van der Waals surface area contributed by atoms with Crippen molar-refractivity contribution in [2.75, 3.05) is 31.6 Å². The Labute approximate surface area is 234 Å². The van der Waals surface area contributed by atoms with Gasteiger partial charge in [0.1, 0.15) is 17.5 Å². The fourth-order valence-electron chi connectivity index (χ4n) is 5.43. The van der Waals surface area contributed by atoms with Crippen molar-refractivity contribution in [3.63, 3.8) is 0 Å². The summed E-state index contributed by atoms with van der Waals surface area (Å²) < 4.78 is 20.5. The molecule has 2 radical (unpaired) electrons. The molecule has 216 valence electrons. The number of rotatable bonds is 6. The number of carbonyl (C=O) groups excluding carboxylic acids is 3. The summed E-state index contributed by atoms with van der Waals surface area (Å²) in [7, 11) is 6.01. The maximum absolute atomic E-state index is 15.3. The maximum Gasteiger partial charge on any atom is 0.281 e. The normalized spacial score (nSPS) is 23.0. The van der Waals surface area contributed by atoms with Crippen molar-refractivity contribution in [2.45, 2.75) is 42.8 Å². The van der Waals surface area contributed by atoms with Gasteiger partial charge >= 0.3 is 0 Å². The van der Waals surface area contributed by atoms with Crippen LogP contribution in [0.5, 0.6) is 0 Å². The average Bonchev–Trinajstić information content (AvgIpc) is 3.00. The highest BCUT2D eigenvalue weighted by molar-refractivity contribution is 6.16. The molecule has 7 N–H and O–H groups in total. The molecule has 0 bridgehead atoms. The Kier molecular flexibility index (Phi) is 7.40. The highest BCUT2D eigenvalue weighted by Crippen LogP contribution is 2.43. The van der Waals surface area contributed by atoms with E-state index in [1.807, 2.05) is 0 Å². The van der Waals surface area contributed by atoms with Crippen LogP contribution in [0.2, 0.25) is 0 Å². The third-order valence-corrected chi connectivity index (χ3v) is 7.49. The Morgan fingerprint density at radius 2 is 1.80 bits per heavy atom. The predicted molar refractivity (Wildman–Crippen MR) is 138 cm³/mol. The van der Waals surface area contributed by atoms with E-state index in [1.165, 1.54) is 23.1 Å². The van der Waals surface area contributed by atoms with Gasteiger partial charge in [-0.25, -0.2) is 9.29 Å². The number of nitrogens with one attached hydrogen (secondary N) is 2. The average molecular weight is 570 g/mol. The second-order valence-corrected chi connectivity index (χ2v) is 10.2. The lowest BCUT2D eigenvalue weighted by Gasteiger charge is -2.38. The Bertz CT molecular complexity index is 1400. The van der Waals surface area contributed by atoms with Gasteiger partial charge in [0.15, 0.2) is 7.85 Å². The maximum atomic E-state index is 15.3. The minimum absolute atomic E-state index is 0.0125. The first-order valence-electron chi connectivity index (χ1n) is 12.9.